The average molecular weight is 324 g/mol. The first-order valence-electron chi connectivity index (χ1n) is 9.19. The van der Waals surface area contributed by atoms with Crippen LogP contribution in [0.25, 0.3) is 0 Å². The van der Waals surface area contributed by atoms with E-state index in [1.165, 1.54) is 18.4 Å². The van der Waals surface area contributed by atoms with Gasteiger partial charge in [0.1, 0.15) is 0 Å². The second-order valence-corrected chi connectivity index (χ2v) is 8.83. The van der Waals surface area contributed by atoms with Crippen LogP contribution in [0.15, 0.2) is 11.6 Å². The second-order valence-electron chi connectivity index (χ2n) is 8.83. The number of rotatable bonds is 3. The predicted octanol–water partition coefficient (Wildman–Crippen LogP) is 5.71. The lowest BCUT2D eigenvalue weighted by molar-refractivity contribution is 0.135. The molecule has 0 aromatic heterocycles. The molecule has 2 aliphatic carbocycles. The van der Waals surface area contributed by atoms with Gasteiger partial charge in [0.15, 0.2) is 0 Å². The first-order valence-corrected chi connectivity index (χ1v) is 9.19. The van der Waals surface area contributed by atoms with Crippen molar-refractivity contribution in [1.82, 2.24) is 5.32 Å². The number of carbonyl (C=O) groups is 1. The molecule has 3 heteroatoms. The van der Waals surface area contributed by atoms with Crippen LogP contribution in [0.3, 0.4) is 0 Å². The maximum Gasteiger partial charge on any atom is 0.404 e. The van der Waals surface area contributed by atoms with Gasteiger partial charge in [0.2, 0.25) is 0 Å². The zero-order valence-corrected chi connectivity index (χ0v) is 16.1. The number of nitrogens with one attached hydrogen (secondary N) is 1. The topological polar surface area (TPSA) is 49.3 Å². The van der Waals surface area contributed by atoms with Crippen molar-refractivity contribution in [1.29, 1.82) is 0 Å². The van der Waals surface area contributed by atoms with E-state index in [0.717, 1.165) is 18.8 Å². The number of amides is 1. The van der Waals surface area contributed by atoms with Gasteiger partial charge in [0, 0.05) is 6.04 Å². The number of hydrogen-bond donors (Lipinski definition) is 2. The van der Waals surface area contributed by atoms with Crippen LogP contribution in [0.5, 0.6) is 0 Å². The molecule has 3 nitrogen and oxygen atoms in total. The molecule has 4 atom stereocenters. The third-order valence-corrected chi connectivity index (χ3v) is 5.54. The summed E-state index contributed by atoms with van der Waals surface area (Å²) in [4.78, 5) is 10.7. The van der Waals surface area contributed by atoms with Gasteiger partial charge in [-0.3, -0.25) is 0 Å². The SMILES string of the molecule is CC(C)=C[C@H]1CC1(C)C.CC(C)[C@H]1CCCC(C)[C@@H]1NC(=O)O. The standard InChI is InChI=1S/C11H21NO2.C9H16/c1-7(2)9-6-4-5-8(3)10(9)12-11(13)14;1-7(2)5-8-6-9(8,3)4/h7-10,12H,4-6H2,1-3H3,(H,13,14);5,8H,6H2,1-4H3/t8?,9-,10+;8-/m10/s1. The van der Waals surface area contributed by atoms with Gasteiger partial charge in [-0.05, 0) is 62.2 Å². The van der Waals surface area contributed by atoms with E-state index in [0.29, 0.717) is 23.2 Å². The Morgan fingerprint density at radius 1 is 1.26 bits per heavy atom. The highest BCUT2D eigenvalue weighted by atomic mass is 16.4. The summed E-state index contributed by atoms with van der Waals surface area (Å²) in [6, 6.07) is 0.154. The van der Waals surface area contributed by atoms with Gasteiger partial charge < -0.3 is 10.4 Å². The Morgan fingerprint density at radius 2 is 1.83 bits per heavy atom. The maximum atomic E-state index is 10.7. The summed E-state index contributed by atoms with van der Waals surface area (Å²) < 4.78 is 0. The lowest BCUT2D eigenvalue weighted by atomic mass is 9.73. The highest BCUT2D eigenvalue weighted by Gasteiger charge is 2.43. The summed E-state index contributed by atoms with van der Waals surface area (Å²) in [7, 11) is 0. The fourth-order valence-corrected chi connectivity index (χ4v) is 3.79. The second kappa shape index (κ2) is 8.21. The number of hydrogen-bond acceptors (Lipinski definition) is 1. The fraction of sp³-hybridized carbons (Fsp3) is 0.850. The minimum Gasteiger partial charge on any atom is -0.465 e. The molecule has 0 spiro atoms. The Balaban J connectivity index is 0.000000253. The Labute approximate surface area is 142 Å². The van der Waals surface area contributed by atoms with E-state index in [2.05, 4.69) is 59.9 Å². The van der Waals surface area contributed by atoms with Crippen LogP contribution >= 0.6 is 0 Å². The molecule has 0 aromatic carbocycles. The molecule has 0 heterocycles. The Kier molecular flexibility index (Phi) is 7.16. The Hall–Kier alpha value is -0.990. The monoisotopic (exact) mass is 323 g/mol. The summed E-state index contributed by atoms with van der Waals surface area (Å²) in [5.41, 5.74) is 2.09. The third-order valence-electron chi connectivity index (χ3n) is 5.54. The number of carboxylic acid groups (broad SMARTS) is 1. The molecule has 0 aromatic rings. The minimum atomic E-state index is -0.880. The molecule has 134 valence electrons. The maximum absolute atomic E-state index is 10.7. The highest BCUT2D eigenvalue weighted by molar-refractivity contribution is 5.65. The molecule has 1 unspecified atom stereocenters. The molecule has 0 radical (unpaired) electrons. The molecule has 2 saturated carbocycles. The largest absolute Gasteiger partial charge is 0.465 e. The van der Waals surface area contributed by atoms with Crippen molar-refractivity contribution in [2.45, 2.75) is 80.2 Å². The lowest BCUT2D eigenvalue weighted by Crippen LogP contribution is -2.47. The van der Waals surface area contributed by atoms with Gasteiger partial charge in [-0.2, -0.15) is 0 Å². The molecule has 23 heavy (non-hydrogen) atoms. The highest BCUT2D eigenvalue weighted by Crippen LogP contribution is 2.52. The summed E-state index contributed by atoms with van der Waals surface area (Å²) in [5.74, 6) is 2.43. The van der Waals surface area contributed by atoms with Crippen LogP contribution in [-0.4, -0.2) is 17.2 Å². The van der Waals surface area contributed by atoms with E-state index in [9.17, 15) is 4.79 Å². The molecule has 2 rings (SSSR count). The smallest absolute Gasteiger partial charge is 0.404 e. The van der Waals surface area contributed by atoms with Crippen LogP contribution in [0.1, 0.15) is 74.1 Å². The molecule has 0 aliphatic heterocycles. The minimum absolute atomic E-state index is 0.154. The van der Waals surface area contributed by atoms with Crippen LogP contribution in [0.2, 0.25) is 0 Å². The Morgan fingerprint density at radius 3 is 2.17 bits per heavy atom. The molecule has 0 bridgehead atoms. The first kappa shape index (κ1) is 20.1. The van der Waals surface area contributed by atoms with Crippen molar-refractivity contribution >= 4 is 6.09 Å². The fourth-order valence-electron chi connectivity index (χ4n) is 3.79. The van der Waals surface area contributed by atoms with Crippen LogP contribution in [0, 0.1) is 29.1 Å². The van der Waals surface area contributed by atoms with E-state index < -0.39 is 6.09 Å². The van der Waals surface area contributed by atoms with Gasteiger partial charge in [-0.1, -0.05) is 52.7 Å². The molecule has 2 N–H and O–H groups in total. The molecular weight excluding hydrogens is 286 g/mol. The number of allylic oxidation sites excluding steroid dienone is 2. The van der Waals surface area contributed by atoms with Crippen LogP contribution < -0.4 is 5.32 Å². The van der Waals surface area contributed by atoms with Gasteiger partial charge in [0.25, 0.3) is 0 Å². The molecule has 2 fully saturated rings. The zero-order valence-electron chi connectivity index (χ0n) is 16.1. The summed E-state index contributed by atoms with van der Waals surface area (Å²) >= 11 is 0. The van der Waals surface area contributed by atoms with Crippen molar-refractivity contribution in [3.8, 4) is 0 Å². The molecule has 2 aliphatic rings. The predicted molar refractivity (Wildman–Crippen MR) is 97.6 cm³/mol. The summed E-state index contributed by atoms with van der Waals surface area (Å²) in [5, 5.41) is 11.5. The Bertz CT molecular complexity index is 421. The summed E-state index contributed by atoms with van der Waals surface area (Å²) in [6.07, 6.45) is 6.44. The van der Waals surface area contributed by atoms with Crippen molar-refractivity contribution in [2.24, 2.45) is 29.1 Å². The van der Waals surface area contributed by atoms with Gasteiger partial charge in [-0.15, -0.1) is 0 Å². The van der Waals surface area contributed by atoms with E-state index in [1.807, 2.05) is 0 Å². The molecular formula is C20H37NO2. The van der Waals surface area contributed by atoms with E-state index in [-0.39, 0.29) is 6.04 Å². The van der Waals surface area contributed by atoms with Crippen LogP contribution in [0.4, 0.5) is 4.79 Å². The van der Waals surface area contributed by atoms with Gasteiger partial charge in [0.05, 0.1) is 0 Å². The van der Waals surface area contributed by atoms with Crippen LogP contribution in [-0.2, 0) is 0 Å². The van der Waals surface area contributed by atoms with Crippen molar-refractivity contribution < 1.29 is 9.90 Å². The van der Waals surface area contributed by atoms with E-state index >= 15 is 0 Å². The van der Waals surface area contributed by atoms with Gasteiger partial charge >= 0.3 is 6.09 Å². The van der Waals surface area contributed by atoms with Crippen molar-refractivity contribution in [3.63, 3.8) is 0 Å². The quantitative estimate of drug-likeness (QED) is 0.653. The first-order chi connectivity index (χ1) is 10.5. The molecule has 0 saturated heterocycles. The van der Waals surface area contributed by atoms with Crippen molar-refractivity contribution in [3.05, 3.63) is 11.6 Å². The summed E-state index contributed by atoms with van der Waals surface area (Å²) in [6.45, 7) is 15.5. The normalized spacial score (nSPS) is 31.7. The third kappa shape index (κ3) is 6.56. The lowest BCUT2D eigenvalue weighted by Gasteiger charge is -2.38. The molecule has 1 amide bonds. The van der Waals surface area contributed by atoms with Gasteiger partial charge in [-0.25, -0.2) is 4.79 Å². The van der Waals surface area contributed by atoms with Crippen molar-refractivity contribution in [2.75, 3.05) is 0 Å². The van der Waals surface area contributed by atoms with E-state index in [4.69, 9.17) is 5.11 Å². The average Bonchev–Trinajstić information content (AvgIpc) is 2.97. The zero-order chi connectivity index (χ0) is 17.8. The van der Waals surface area contributed by atoms with E-state index in [1.54, 1.807) is 0 Å².